The monoisotopic (exact) mass is 534 g/mol. The molecule has 0 saturated heterocycles. The van der Waals surface area contributed by atoms with Gasteiger partial charge in [0.2, 0.25) is 5.72 Å². The fraction of sp³-hybridized carbons (Fsp3) is 0.0870. The number of nitrogens with zero attached hydrogens (tertiary/aromatic N) is 2. The van der Waals surface area contributed by atoms with E-state index < -0.39 is 23.5 Å². The largest absolute Gasteiger partial charge is 0.414 e. The summed E-state index contributed by atoms with van der Waals surface area (Å²) >= 11 is 18.8. The van der Waals surface area contributed by atoms with Crippen molar-refractivity contribution in [3.05, 3.63) is 86.1 Å². The van der Waals surface area contributed by atoms with E-state index >= 15 is 4.39 Å². The summed E-state index contributed by atoms with van der Waals surface area (Å²) in [6.07, 6.45) is -0.734. The highest BCUT2D eigenvalue weighted by Crippen LogP contribution is 2.50. The van der Waals surface area contributed by atoms with E-state index in [4.69, 9.17) is 39.5 Å². The van der Waals surface area contributed by atoms with Gasteiger partial charge in [0, 0.05) is 23.2 Å². The van der Waals surface area contributed by atoms with Crippen molar-refractivity contribution in [1.82, 2.24) is 15.3 Å². The molecule has 1 aliphatic heterocycles. The van der Waals surface area contributed by atoms with Gasteiger partial charge in [0.05, 0.1) is 32.3 Å². The minimum atomic E-state index is -2.28. The highest BCUT2D eigenvalue weighted by atomic mass is 35.5. The number of H-pyrrole nitrogens is 1. The van der Waals surface area contributed by atoms with Crippen molar-refractivity contribution in [2.24, 2.45) is 0 Å². The lowest BCUT2D eigenvalue weighted by atomic mass is 9.93. The number of hydrogen-bond acceptors (Lipinski definition) is 5. The van der Waals surface area contributed by atoms with Crippen molar-refractivity contribution in [3.8, 4) is 6.01 Å². The first-order chi connectivity index (χ1) is 16.7. The Labute approximate surface area is 212 Å². The molecule has 4 aromatic rings. The number of aromatic nitrogens is 2. The first-order valence-electron chi connectivity index (χ1n) is 10.1. The van der Waals surface area contributed by atoms with Crippen LogP contribution in [-0.4, -0.2) is 34.1 Å². The van der Waals surface area contributed by atoms with Crippen LogP contribution in [0, 0.1) is 5.82 Å². The summed E-state index contributed by atoms with van der Waals surface area (Å²) in [5.41, 5.74) is -1.75. The van der Waals surface area contributed by atoms with Gasteiger partial charge in [0.15, 0.2) is 5.82 Å². The molecule has 0 radical (unpaired) electrons. The molecule has 0 aliphatic carbocycles. The fourth-order valence-electron chi connectivity index (χ4n) is 4.08. The minimum absolute atomic E-state index is 0.0169. The number of rotatable bonds is 3. The van der Waals surface area contributed by atoms with Crippen molar-refractivity contribution in [2.75, 3.05) is 11.9 Å². The third kappa shape index (κ3) is 3.51. The van der Waals surface area contributed by atoms with E-state index in [9.17, 15) is 14.7 Å². The lowest BCUT2D eigenvalue weighted by molar-refractivity contribution is 0.0699. The fourth-order valence-corrected chi connectivity index (χ4v) is 4.78. The zero-order valence-corrected chi connectivity index (χ0v) is 20.0. The van der Waals surface area contributed by atoms with Crippen molar-refractivity contribution in [1.29, 1.82) is 0 Å². The number of hydrogen-bond donors (Lipinski definition) is 3. The molecule has 0 bridgehead atoms. The second-order valence-corrected chi connectivity index (χ2v) is 8.80. The van der Waals surface area contributed by atoms with E-state index in [1.54, 1.807) is 0 Å². The Balaban J connectivity index is 1.76. The minimum Gasteiger partial charge on any atom is -0.375 e. The third-order valence-electron chi connectivity index (χ3n) is 5.62. The number of aromatic amines is 1. The molecule has 12 heteroatoms. The van der Waals surface area contributed by atoms with Gasteiger partial charge in [-0.3, -0.25) is 9.69 Å². The number of ether oxygens (including phenoxy) is 1. The molecule has 1 aromatic heterocycles. The maximum Gasteiger partial charge on any atom is 0.414 e. The molecule has 178 valence electrons. The van der Waals surface area contributed by atoms with Crippen LogP contribution in [0.25, 0.3) is 11.0 Å². The van der Waals surface area contributed by atoms with Gasteiger partial charge in [-0.25, -0.2) is 9.18 Å². The predicted octanol–water partition coefficient (Wildman–Crippen LogP) is 5.23. The number of fused-ring (bicyclic) bond motifs is 2. The van der Waals surface area contributed by atoms with Gasteiger partial charge in [-0.05, 0) is 36.4 Å². The quantitative estimate of drug-likeness (QED) is 0.333. The van der Waals surface area contributed by atoms with Gasteiger partial charge in [0.1, 0.15) is 0 Å². The number of anilines is 1. The van der Waals surface area contributed by atoms with Crippen molar-refractivity contribution < 1.29 is 23.8 Å². The van der Waals surface area contributed by atoms with Gasteiger partial charge in [-0.1, -0.05) is 46.9 Å². The van der Waals surface area contributed by atoms with Crippen LogP contribution in [0.2, 0.25) is 15.1 Å². The average molecular weight is 536 g/mol. The summed E-state index contributed by atoms with van der Waals surface area (Å²) in [6, 6.07) is 11.3. The number of carbonyl (C=O) groups is 2. The second-order valence-electron chi connectivity index (χ2n) is 7.58. The number of carbonyl (C=O) groups excluding carboxylic acids is 2. The van der Waals surface area contributed by atoms with Gasteiger partial charge < -0.3 is 20.1 Å². The maximum atomic E-state index is 15.1. The summed E-state index contributed by atoms with van der Waals surface area (Å²) in [7, 11) is 1.39. The Morgan fingerprint density at radius 1 is 1.14 bits per heavy atom. The number of aliphatic hydroxyl groups is 1. The topological polar surface area (TPSA) is 108 Å². The number of amides is 2. The van der Waals surface area contributed by atoms with E-state index in [1.807, 2.05) is 0 Å². The van der Waals surface area contributed by atoms with Gasteiger partial charge in [0.25, 0.3) is 5.91 Å². The standard InChI is InChI=1S/C23H14Cl3FN4O4/c1-28-22(33)35-21-29-14-8-5-10(9-15(14)30-21)23(34)18-12(25)7-6-11(24)17(18)20(32)31(23)16-4-2-3-13(26)19(16)27/h2-9,34H,1H3,(H,28,33)(H,29,30). The Morgan fingerprint density at radius 2 is 1.89 bits per heavy atom. The van der Waals surface area contributed by atoms with Gasteiger partial charge in [-0.2, -0.15) is 4.98 Å². The molecule has 8 nitrogen and oxygen atoms in total. The van der Waals surface area contributed by atoms with Gasteiger partial charge in [-0.15, -0.1) is 0 Å². The van der Waals surface area contributed by atoms with Crippen molar-refractivity contribution >= 4 is 63.5 Å². The molecule has 2 heterocycles. The second kappa shape index (κ2) is 8.39. The zero-order valence-electron chi connectivity index (χ0n) is 17.7. The van der Waals surface area contributed by atoms with Crippen LogP contribution >= 0.6 is 34.8 Å². The predicted molar refractivity (Wildman–Crippen MR) is 129 cm³/mol. The van der Waals surface area contributed by atoms with Crippen LogP contribution in [0.15, 0.2) is 48.5 Å². The SMILES string of the molecule is CNC(=O)Oc1nc2ccc(C3(O)c4c(Cl)ccc(Cl)c4C(=O)N3c3cccc(Cl)c3F)cc2[nH]1. The molecular formula is C23H14Cl3FN4O4. The molecule has 1 unspecified atom stereocenters. The number of benzene rings is 3. The van der Waals surface area contributed by atoms with Crippen LogP contribution < -0.4 is 15.0 Å². The van der Waals surface area contributed by atoms with E-state index in [2.05, 4.69) is 15.3 Å². The van der Waals surface area contributed by atoms with Crippen LogP contribution in [0.3, 0.4) is 0 Å². The van der Waals surface area contributed by atoms with Crippen LogP contribution in [0.1, 0.15) is 21.5 Å². The van der Waals surface area contributed by atoms with Gasteiger partial charge >= 0.3 is 12.1 Å². The Hall–Kier alpha value is -3.37. The Morgan fingerprint density at radius 3 is 2.63 bits per heavy atom. The van der Waals surface area contributed by atoms with E-state index in [1.165, 1.54) is 55.6 Å². The smallest absolute Gasteiger partial charge is 0.375 e. The third-order valence-corrected chi connectivity index (χ3v) is 6.54. The van der Waals surface area contributed by atoms with Crippen LogP contribution in [-0.2, 0) is 5.72 Å². The number of nitrogens with one attached hydrogen (secondary N) is 2. The number of imidazole rings is 1. The highest BCUT2D eigenvalue weighted by Gasteiger charge is 2.54. The van der Waals surface area contributed by atoms with E-state index in [0.29, 0.717) is 11.0 Å². The summed E-state index contributed by atoms with van der Waals surface area (Å²) in [6.45, 7) is 0. The zero-order chi connectivity index (χ0) is 25.1. The van der Waals surface area contributed by atoms with E-state index in [-0.39, 0.29) is 43.5 Å². The summed E-state index contributed by atoms with van der Waals surface area (Å²) in [5, 5.41) is 14.3. The van der Waals surface area contributed by atoms with E-state index in [0.717, 1.165) is 4.90 Å². The first kappa shape index (κ1) is 23.4. The van der Waals surface area contributed by atoms with Crippen molar-refractivity contribution in [3.63, 3.8) is 0 Å². The first-order valence-corrected chi connectivity index (χ1v) is 11.2. The average Bonchev–Trinajstić information content (AvgIpc) is 3.34. The Bertz CT molecular complexity index is 1540. The molecule has 1 aliphatic rings. The summed E-state index contributed by atoms with van der Waals surface area (Å²) in [5.74, 6) is -1.69. The normalized spacial score (nSPS) is 17.1. The van der Waals surface area contributed by atoms with Crippen LogP contribution in [0.5, 0.6) is 6.01 Å². The molecule has 3 aromatic carbocycles. The lowest BCUT2D eigenvalue weighted by Gasteiger charge is -2.35. The highest BCUT2D eigenvalue weighted by molar-refractivity contribution is 6.38. The summed E-state index contributed by atoms with van der Waals surface area (Å²) < 4.78 is 20.2. The molecule has 5 rings (SSSR count). The molecule has 0 spiro atoms. The molecule has 0 saturated carbocycles. The molecule has 3 N–H and O–H groups in total. The molecule has 0 fully saturated rings. The summed E-state index contributed by atoms with van der Waals surface area (Å²) in [4.78, 5) is 32.9. The van der Waals surface area contributed by atoms with Crippen LogP contribution in [0.4, 0.5) is 14.9 Å². The maximum absolute atomic E-state index is 15.1. The molecular weight excluding hydrogens is 522 g/mol. The molecule has 35 heavy (non-hydrogen) atoms. The molecule has 1 atom stereocenters. The Kier molecular flexibility index (Phi) is 5.60. The lowest BCUT2D eigenvalue weighted by Crippen LogP contribution is -2.45. The molecule has 2 amide bonds. The number of halogens is 4. The van der Waals surface area contributed by atoms with Crippen molar-refractivity contribution in [2.45, 2.75) is 5.72 Å².